The highest BCUT2D eigenvalue weighted by Crippen LogP contribution is 2.27. The molecule has 1 saturated heterocycles. The van der Waals surface area contributed by atoms with E-state index in [1.165, 1.54) is 0 Å². The fourth-order valence-corrected chi connectivity index (χ4v) is 4.58. The first kappa shape index (κ1) is 23.7. The molecule has 7 N–H and O–H groups in total. The summed E-state index contributed by atoms with van der Waals surface area (Å²) in [6.07, 6.45) is 10.5. The van der Waals surface area contributed by atoms with E-state index in [-0.39, 0.29) is 46.3 Å². The maximum atomic E-state index is 12.9. The molecule has 1 aliphatic carbocycles. The molecular formula is C22H26ClN11O2. The second-order valence-electron chi connectivity index (χ2n) is 9.01. The van der Waals surface area contributed by atoms with Crippen molar-refractivity contribution in [3.8, 4) is 0 Å². The van der Waals surface area contributed by atoms with Crippen molar-refractivity contribution >= 4 is 41.0 Å². The molecule has 2 aromatic heterocycles. The Morgan fingerprint density at radius 3 is 2.72 bits per heavy atom. The normalized spacial score (nSPS) is 20.3. The quantitative estimate of drug-likeness (QED) is 0.383. The van der Waals surface area contributed by atoms with Crippen molar-refractivity contribution in [1.82, 2.24) is 40.7 Å². The first-order valence-electron chi connectivity index (χ1n) is 11.6. The Hall–Kier alpha value is -4.00. The van der Waals surface area contributed by atoms with E-state index in [1.54, 1.807) is 0 Å². The highest BCUT2D eigenvalue weighted by Gasteiger charge is 2.40. The van der Waals surface area contributed by atoms with Gasteiger partial charge in [0.15, 0.2) is 34.3 Å². The molecule has 0 radical (unpaired) electrons. The van der Waals surface area contributed by atoms with Crippen LogP contribution >= 0.6 is 11.6 Å². The summed E-state index contributed by atoms with van der Waals surface area (Å²) < 4.78 is 0. The first-order valence-corrected chi connectivity index (χ1v) is 11.9. The molecule has 1 atom stereocenters. The summed E-state index contributed by atoms with van der Waals surface area (Å²) >= 11 is 5.86. The molecule has 0 saturated carbocycles. The molecule has 1 fully saturated rings. The number of aliphatic imine (C=N–C) groups is 1. The van der Waals surface area contributed by atoms with Crippen LogP contribution in [0.4, 0.5) is 11.6 Å². The molecule has 2 amide bonds. The van der Waals surface area contributed by atoms with Gasteiger partial charge in [-0.05, 0) is 19.3 Å². The molecule has 36 heavy (non-hydrogen) atoms. The lowest BCUT2D eigenvalue weighted by Gasteiger charge is -2.39. The Bertz CT molecular complexity index is 1280. The largest absolute Gasteiger partial charge is 0.382 e. The van der Waals surface area contributed by atoms with E-state index >= 15 is 0 Å². The van der Waals surface area contributed by atoms with Gasteiger partial charge in [-0.3, -0.25) is 25.0 Å². The fraction of sp³-hybridized carbons (Fsp3) is 0.409. The number of hydrogen-bond donors (Lipinski definition) is 5. The average Bonchev–Trinajstić information content (AvgIpc) is 3.49. The van der Waals surface area contributed by atoms with Crippen LogP contribution in [-0.2, 0) is 11.2 Å². The molecule has 0 bridgehead atoms. The third-order valence-corrected chi connectivity index (χ3v) is 6.81. The summed E-state index contributed by atoms with van der Waals surface area (Å²) in [5.41, 5.74) is 10.8. The second kappa shape index (κ2) is 9.57. The van der Waals surface area contributed by atoms with Gasteiger partial charge in [0, 0.05) is 19.0 Å². The van der Waals surface area contributed by atoms with Crippen LogP contribution in [0.3, 0.4) is 0 Å². The van der Waals surface area contributed by atoms with Gasteiger partial charge >= 0.3 is 0 Å². The molecule has 14 heteroatoms. The van der Waals surface area contributed by atoms with Gasteiger partial charge in [-0.15, -0.1) is 0 Å². The Morgan fingerprint density at radius 1 is 1.17 bits per heavy atom. The van der Waals surface area contributed by atoms with E-state index in [9.17, 15) is 9.59 Å². The minimum Gasteiger partial charge on any atom is -0.382 e. The number of amides is 2. The SMILES string of the molecule is Nc1nc(N)c(C(=O)NC2=NCC3(CCN(C(=O)Cc4nc(C5C=CC=CC5)n[nH]4)CC3)N2)nc1Cl. The number of nitrogens with one attached hydrogen (secondary N) is 3. The second-order valence-corrected chi connectivity index (χ2v) is 9.37. The van der Waals surface area contributed by atoms with E-state index in [1.807, 2.05) is 17.1 Å². The smallest absolute Gasteiger partial charge is 0.280 e. The number of halogens is 1. The number of carbonyl (C=O) groups is 2. The van der Waals surface area contributed by atoms with E-state index < -0.39 is 5.91 Å². The summed E-state index contributed by atoms with van der Waals surface area (Å²) in [4.78, 5) is 43.9. The third-order valence-electron chi connectivity index (χ3n) is 6.53. The predicted molar refractivity (Wildman–Crippen MR) is 133 cm³/mol. The number of guanidine groups is 1. The minimum absolute atomic E-state index is 0.00616. The van der Waals surface area contributed by atoms with Crippen LogP contribution in [0.25, 0.3) is 0 Å². The van der Waals surface area contributed by atoms with Crippen molar-refractivity contribution in [3.63, 3.8) is 0 Å². The highest BCUT2D eigenvalue weighted by molar-refractivity contribution is 6.31. The Kier molecular flexibility index (Phi) is 6.31. The standard InChI is InChI=1S/C22H26ClN11O2/c23-16-18(25)29-17(24)15(28-16)20(36)30-21-26-11-22(31-21)6-8-34(9-7-22)14(35)10-13-27-19(33-32-13)12-4-2-1-3-5-12/h1-4,12H,5-11H2,(H4,24,25,29)(H,27,32,33)(H2,26,30,31,36). The zero-order valence-corrected chi connectivity index (χ0v) is 20.1. The summed E-state index contributed by atoms with van der Waals surface area (Å²) in [5, 5.41) is 13.0. The molecule has 4 heterocycles. The molecule has 13 nitrogen and oxygen atoms in total. The number of hydrogen-bond acceptors (Lipinski definition) is 10. The van der Waals surface area contributed by atoms with Crippen LogP contribution in [-0.4, -0.2) is 73.0 Å². The maximum absolute atomic E-state index is 12.9. The number of H-pyrrole nitrogens is 1. The predicted octanol–water partition coefficient (Wildman–Crippen LogP) is 0.305. The number of likely N-dealkylation sites (tertiary alicyclic amines) is 1. The van der Waals surface area contributed by atoms with Gasteiger partial charge in [0.2, 0.25) is 5.91 Å². The number of piperidine rings is 1. The van der Waals surface area contributed by atoms with Crippen molar-refractivity contribution in [3.05, 3.63) is 46.8 Å². The number of carbonyl (C=O) groups excluding carboxylic acids is 2. The van der Waals surface area contributed by atoms with Crippen molar-refractivity contribution in [1.29, 1.82) is 0 Å². The van der Waals surface area contributed by atoms with Gasteiger partial charge in [-0.2, -0.15) is 5.10 Å². The zero-order chi connectivity index (χ0) is 25.3. The zero-order valence-electron chi connectivity index (χ0n) is 19.4. The summed E-state index contributed by atoms with van der Waals surface area (Å²) in [5.74, 6) is 0.938. The fourth-order valence-electron chi connectivity index (χ4n) is 4.46. The van der Waals surface area contributed by atoms with Crippen molar-refractivity contribution in [2.75, 3.05) is 31.1 Å². The van der Waals surface area contributed by atoms with E-state index in [0.29, 0.717) is 50.1 Å². The molecule has 1 unspecified atom stereocenters. The van der Waals surface area contributed by atoms with Gasteiger partial charge in [0.25, 0.3) is 5.91 Å². The van der Waals surface area contributed by atoms with E-state index in [2.05, 4.69) is 52.9 Å². The third kappa shape index (κ3) is 4.87. The number of anilines is 2. The lowest BCUT2D eigenvalue weighted by molar-refractivity contribution is -0.132. The number of nitrogens with zero attached hydrogens (tertiary/aromatic N) is 6. The molecule has 3 aliphatic rings. The van der Waals surface area contributed by atoms with Gasteiger partial charge in [-0.1, -0.05) is 35.9 Å². The molecule has 5 rings (SSSR count). The van der Waals surface area contributed by atoms with E-state index in [4.69, 9.17) is 23.1 Å². The minimum atomic E-state index is -0.594. The van der Waals surface area contributed by atoms with Crippen LogP contribution in [0.5, 0.6) is 0 Å². The number of nitrogen functional groups attached to an aromatic ring is 2. The van der Waals surface area contributed by atoms with Crippen LogP contribution in [0.2, 0.25) is 5.15 Å². The van der Waals surface area contributed by atoms with Crippen LogP contribution in [0.1, 0.15) is 47.3 Å². The monoisotopic (exact) mass is 511 g/mol. The maximum Gasteiger partial charge on any atom is 0.280 e. The lowest BCUT2D eigenvalue weighted by Crippen LogP contribution is -2.57. The Labute approximate surface area is 211 Å². The average molecular weight is 512 g/mol. The molecule has 1 spiro atoms. The van der Waals surface area contributed by atoms with Crippen molar-refractivity contribution in [2.24, 2.45) is 4.99 Å². The Morgan fingerprint density at radius 2 is 1.97 bits per heavy atom. The first-order chi connectivity index (χ1) is 17.3. The van der Waals surface area contributed by atoms with Gasteiger partial charge in [0.1, 0.15) is 5.82 Å². The number of nitrogens with two attached hydrogens (primary N) is 2. The molecule has 2 aliphatic heterocycles. The number of aromatic nitrogens is 5. The molecule has 2 aromatic rings. The topological polar surface area (TPSA) is 193 Å². The van der Waals surface area contributed by atoms with Crippen molar-refractivity contribution < 1.29 is 9.59 Å². The lowest BCUT2D eigenvalue weighted by atomic mass is 9.88. The summed E-state index contributed by atoms with van der Waals surface area (Å²) in [6, 6.07) is 0. The molecule has 0 aromatic carbocycles. The summed E-state index contributed by atoms with van der Waals surface area (Å²) in [6.45, 7) is 1.60. The number of rotatable bonds is 4. The summed E-state index contributed by atoms with van der Waals surface area (Å²) in [7, 11) is 0. The highest BCUT2D eigenvalue weighted by atomic mass is 35.5. The van der Waals surface area contributed by atoms with Gasteiger partial charge in [0.05, 0.1) is 18.5 Å². The van der Waals surface area contributed by atoms with Crippen LogP contribution < -0.4 is 22.1 Å². The van der Waals surface area contributed by atoms with Crippen LogP contribution in [0, 0.1) is 0 Å². The molecule has 188 valence electrons. The Balaban J connectivity index is 1.12. The van der Waals surface area contributed by atoms with E-state index in [0.717, 1.165) is 6.42 Å². The van der Waals surface area contributed by atoms with Gasteiger partial charge in [-0.25, -0.2) is 15.0 Å². The van der Waals surface area contributed by atoms with Crippen molar-refractivity contribution in [2.45, 2.75) is 37.1 Å². The molecular weight excluding hydrogens is 486 g/mol. The van der Waals surface area contributed by atoms with Crippen LogP contribution in [0.15, 0.2) is 29.3 Å². The van der Waals surface area contributed by atoms with Gasteiger partial charge < -0.3 is 21.7 Å². The number of allylic oxidation sites excluding steroid dienone is 4. The number of aromatic amines is 1.